The minimum atomic E-state index is -4.41. The summed E-state index contributed by atoms with van der Waals surface area (Å²) in [6, 6.07) is 31.9. The van der Waals surface area contributed by atoms with Crippen molar-refractivity contribution in [1.29, 1.82) is 0 Å². The molecule has 0 aliphatic carbocycles. The number of piperazine rings is 1. The predicted octanol–water partition coefficient (Wildman–Crippen LogP) is 7.32. The summed E-state index contributed by atoms with van der Waals surface area (Å²) in [4.78, 5) is 29.5. The Morgan fingerprint density at radius 2 is 1.54 bits per heavy atom. The first-order chi connectivity index (χ1) is 27.6. The molecule has 5 aromatic carbocycles. The fourth-order valence-corrected chi connectivity index (χ4v) is 8.32. The third-order valence-corrected chi connectivity index (χ3v) is 11.8. The number of anilines is 2. The van der Waals surface area contributed by atoms with Crippen LogP contribution in [0.15, 0.2) is 119 Å². The molecule has 1 aliphatic heterocycles. The molecule has 1 heterocycles. The highest BCUT2D eigenvalue weighted by Gasteiger charge is 2.25. The number of nitrogens with one attached hydrogen (secondary N) is 2. The molecule has 0 radical (unpaired) electrons. The highest BCUT2D eigenvalue weighted by molar-refractivity contribution is 7.99. The van der Waals surface area contributed by atoms with E-state index in [1.165, 1.54) is 12.1 Å². The van der Waals surface area contributed by atoms with Gasteiger partial charge in [-0.25, -0.2) is 13.1 Å². The molecule has 0 saturated carbocycles. The number of rotatable bonds is 17. The van der Waals surface area contributed by atoms with Gasteiger partial charge in [-0.3, -0.25) is 19.8 Å². The van der Waals surface area contributed by atoms with Gasteiger partial charge in [-0.15, -0.1) is 11.8 Å². The summed E-state index contributed by atoms with van der Waals surface area (Å²) in [5.74, 6) is 2.07. The molecular formula is C42H45N5O8S2. The number of hydrogen-bond acceptors (Lipinski definition) is 12. The lowest BCUT2D eigenvalue weighted by atomic mass is 10.0. The number of nitro benzene ring substituents is 1. The van der Waals surface area contributed by atoms with Crippen LogP contribution in [-0.4, -0.2) is 83.5 Å². The summed E-state index contributed by atoms with van der Waals surface area (Å²) in [6.07, 6.45) is 0. The first kappa shape index (κ1) is 40.9. The van der Waals surface area contributed by atoms with Gasteiger partial charge < -0.3 is 24.4 Å². The quantitative estimate of drug-likeness (QED) is 0.0419. The number of ether oxygens (including phenoxy) is 3. The topological polar surface area (TPSA) is 153 Å². The Hall–Kier alpha value is -5.77. The molecule has 1 amide bonds. The van der Waals surface area contributed by atoms with E-state index in [1.54, 1.807) is 50.2 Å². The number of nitrogens with zero attached hydrogens (tertiary/aromatic N) is 3. The van der Waals surface area contributed by atoms with Crippen LogP contribution in [0.3, 0.4) is 0 Å². The number of methoxy groups -OCH3 is 2. The minimum absolute atomic E-state index is 0.136. The molecule has 298 valence electrons. The van der Waals surface area contributed by atoms with Crippen LogP contribution in [0, 0.1) is 10.1 Å². The SMILES string of the molecule is CCOc1cccc(-c2cc(OC)c(CN3CCN(c4ccc(C(=O)NS(=O)(=O)c5ccc(NCCSc6ccccc6)c([N+](=O)[O-])c5)cc4)CC3)c(OC)c2)c1. The lowest BCUT2D eigenvalue weighted by molar-refractivity contribution is -0.384. The van der Waals surface area contributed by atoms with E-state index in [1.807, 2.05) is 73.7 Å². The molecule has 0 aromatic heterocycles. The zero-order valence-electron chi connectivity index (χ0n) is 32.0. The van der Waals surface area contributed by atoms with Crippen LogP contribution in [-0.2, 0) is 16.6 Å². The van der Waals surface area contributed by atoms with Crippen LogP contribution in [0.25, 0.3) is 11.1 Å². The zero-order chi connectivity index (χ0) is 40.4. The summed E-state index contributed by atoms with van der Waals surface area (Å²) < 4.78 is 45.8. The normalized spacial score (nSPS) is 13.1. The van der Waals surface area contributed by atoms with E-state index >= 15 is 0 Å². The van der Waals surface area contributed by atoms with Gasteiger partial charge in [0.15, 0.2) is 0 Å². The third kappa shape index (κ3) is 10.4. The molecular weight excluding hydrogens is 767 g/mol. The highest BCUT2D eigenvalue weighted by Crippen LogP contribution is 2.37. The van der Waals surface area contributed by atoms with Crippen LogP contribution in [0.4, 0.5) is 17.1 Å². The Labute approximate surface area is 337 Å². The maximum Gasteiger partial charge on any atom is 0.293 e. The van der Waals surface area contributed by atoms with Gasteiger partial charge in [-0.05, 0) is 90.8 Å². The van der Waals surface area contributed by atoms with E-state index < -0.39 is 26.5 Å². The molecule has 5 aromatic rings. The van der Waals surface area contributed by atoms with Crippen molar-refractivity contribution in [3.8, 4) is 28.4 Å². The van der Waals surface area contributed by atoms with E-state index in [-0.39, 0.29) is 16.1 Å². The largest absolute Gasteiger partial charge is 0.496 e. The van der Waals surface area contributed by atoms with Crippen molar-refractivity contribution in [3.05, 3.63) is 130 Å². The summed E-state index contributed by atoms with van der Waals surface area (Å²) in [7, 11) is -1.09. The predicted molar refractivity (Wildman–Crippen MR) is 223 cm³/mol. The number of nitro groups is 1. The van der Waals surface area contributed by atoms with Gasteiger partial charge in [0.1, 0.15) is 22.9 Å². The number of benzene rings is 5. The second kappa shape index (κ2) is 18.9. The van der Waals surface area contributed by atoms with Crippen molar-refractivity contribution >= 4 is 44.8 Å². The van der Waals surface area contributed by atoms with E-state index in [0.717, 1.165) is 76.8 Å². The first-order valence-electron chi connectivity index (χ1n) is 18.4. The lowest BCUT2D eigenvalue weighted by Crippen LogP contribution is -2.46. The Bertz CT molecular complexity index is 2260. The van der Waals surface area contributed by atoms with Gasteiger partial charge in [0.25, 0.3) is 21.6 Å². The number of carbonyl (C=O) groups is 1. The lowest BCUT2D eigenvalue weighted by Gasteiger charge is -2.36. The smallest absolute Gasteiger partial charge is 0.293 e. The number of thioether (sulfide) groups is 1. The van der Waals surface area contributed by atoms with Crippen molar-refractivity contribution in [2.24, 2.45) is 0 Å². The molecule has 2 N–H and O–H groups in total. The molecule has 1 fully saturated rings. The van der Waals surface area contributed by atoms with Gasteiger partial charge in [0, 0.05) is 67.2 Å². The number of amides is 1. The molecule has 57 heavy (non-hydrogen) atoms. The van der Waals surface area contributed by atoms with Gasteiger partial charge in [-0.2, -0.15) is 0 Å². The van der Waals surface area contributed by atoms with Gasteiger partial charge in [0.05, 0.1) is 36.2 Å². The Balaban J connectivity index is 1.04. The van der Waals surface area contributed by atoms with Crippen molar-refractivity contribution in [3.63, 3.8) is 0 Å². The standard InChI is InChI=1S/C42H45N5O8S2/c1-4-55-34-10-8-9-31(25-34)32-26-40(53-2)37(41(27-32)54-3)29-45-20-22-46(23-21-45)33-15-13-30(14-16-33)42(48)44-57(51,52)36-17-18-38(39(28-36)47(49)50)43-19-24-56-35-11-6-5-7-12-35/h5-18,25-28,43H,4,19-24,29H2,1-3H3,(H,44,48). The van der Waals surface area contributed by atoms with Crippen molar-refractivity contribution in [2.75, 3.05) is 69.5 Å². The maximum atomic E-state index is 13.2. The summed E-state index contributed by atoms with van der Waals surface area (Å²) in [5.41, 5.74) is 3.72. The molecule has 1 saturated heterocycles. The minimum Gasteiger partial charge on any atom is -0.496 e. The van der Waals surface area contributed by atoms with Crippen molar-refractivity contribution in [2.45, 2.75) is 23.3 Å². The second-order valence-electron chi connectivity index (χ2n) is 13.1. The van der Waals surface area contributed by atoms with E-state index in [4.69, 9.17) is 14.2 Å². The fraction of sp³-hybridized carbons (Fsp3) is 0.262. The first-order valence-corrected chi connectivity index (χ1v) is 20.9. The van der Waals surface area contributed by atoms with Crippen LogP contribution in [0.2, 0.25) is 0 Å². The molecule has 13 nitrogen and oxygen atoms in total. The average Bonchev–Trinajstić information content (AvgIpc) is 3.23. The monoisotopic (exact) mass is 811 g/mol. The van der Waals surface area contributed by atoms with E-state index in [9.17, 15) is 23.3 Å². The fourth-order valence-electron chi connectivity index (χ4n) is 6.54. The van der Waals surface area contributed by atoms with Gasteiger partial charge in [-0.1, -0.05) is 30.3 Å². The molecule has 0 unspecified atom stereocenters. The number of carbonyl (C=O) groups excluding carboxylic acids is 1. The third-order valence-electron chi connectivity index (χ3n) is 9.47. The molecule has 0 atom stereocenters. The Kier molecular flexibility index (Phi) is 13.6. The molecule has 6 rings (SSSR count). The summed E-state index contributed by atoms with van der Waals surface area (Å²) in [6.45, 7) is 6.56. The molecule has 1 aliphatic rings. The maximum absolute atomic E-state index is 13.2. The van der Waals surface area contributed by atoms with Crippen molar-refractivity contribution < 1.29 is 32.3 Å². The summed E-state index contributed by atoms with van der Waals surface area (Å²) in [5, 5.41) is 14.9. The second-order valence-corrected chi connectivity index (χ2v) is 15.9. The molecule has 0 bridgehead atoms. The summed E-state index contributed by atoms with van der Waals surface area (Å²) >= 11 is 1.59. The number of hydrogen-bond donors (Lipinski definition) is 2. The van der Waals surface area contributed by atoms with E-state index in [0.29, 0.717) is 25.4 Å². The zero-order valence-corrected chi connectivity index (χ0v) is 33.6. The molecule has 15 heteroatoms. The van der Waals surface area contributed by atoms with Crippen LogP contribution >= 0.6 is 11.8 Å². The van der Waals surface area contributed by atoms with Gasteiger partial charge in [0.2, 0.25) is 0 Å². The van der Waals surface area contributed by atoms with Crippen LogP contribution in [0.5, 0.6) is 17.2 Å². The Morgan fingerprint density at radius 1 is 0.842 bits per heavy atom. The number of sulfonamides is 1. The van der Waals surface area contributed by atoms with Crippen LogP contribution < -0.4 is 29.1 Å². The van der Waals surface area contributed by atoms with Gasteiger partial charge >= 0.3 is 0 Å². The Morgan fingerprint density at radius 3 is 2.19 bits per heavy atom. The average molecular weight is 812 g/mol. The van der Waals surface area contributed by atoms with Crippen molar-refractivity contribution in [1.82, 2.24) is 9.62 Å². The van der Waals surface area contributed by atoms with Crippen LogP contribution in [0.1, 0.15) is 22.8 Å². The highest BCUT2D eigenvalue weighted by atomic mass is 32.2. The van der Waals surface area contributed by atoms with E-state index in [2.05, 4.69) is 19.8 Å². The molecule has 0 spiro atoms.